The van der Waals surface area contributed by atoms with Crippen LogP contribution in [0.1, 0.15) is 49.9 Å². The first-order chi connectivity index (χ1) is 19.0. The second kappa shape index (κ2) is 12.8. The normalized spacial score (nSPS) is 12.5. The number of benzene rings is 3. The molecule has 3 rings (SSSR count). The summed E-state index contributed by atoms with van der Waals surface area (Å²) >= 11 is 12.3. The summed E-state index contributed by atoms with van der Waals surface area (Å²) in [5, 5.41) is 3.58. The third-order valence-corrected chi connectivity index (χ3v) is 9.25. The number of halogens is 2. The van der Waals surface area contributed by atoms with Crippen LogP contribution in [0.3, 0.4) is 0 Å². The molecule has 0 aliphatic rings. The molecule has 10 heteroatoms. The quantitative estimate of drug-likeness (QED) is 0.299. The molecule has 0 bridgehead atoms. The van der Waals surface area contributed by atoms with E-state index in [1.165, 1.54) is 17.0 Å². The van der Waals surface area contributed by atoms with E-state index >= 15 is 0 Å². The van der Waals surface area contributed by atoms with Crippen molar-refractivity contribution in [3.63, 3.8) is 0 Å². The van der Waals surface area contributed by atoms with Gasteiger partial charge in [-0.2, -0.15) is 0 Å². The van der Waals surface area contributed by atoms with Crippen molar-refractivity contribution in [1.82, 2.24) is 10.2 Å². The van der Waals surface area contributed by atoms with Crippen LogP contribution < -0.4 is 9.62 Å². The van der Waals surface area contributed by atoms with E-state index in [1.54, 1.807) is 49.4 Å². The molecule has 220 valence electrons. The fraction of sp³-hybridized carbons (Fsp3) is 0.355. The number of nitrogens with one attached hydrogen (secondary N) is 1. The number of hydrogen-bond acceptors (Lipinski definition) is 4. The van der Waals surface area contributed by atoms with Gasteiger partial charge in [0.25, 0.3) is 10.0 Å². The lowest BCUT2D eigenvalue weighted by Gasteiger charge is -2.34. The number of rotatable bonds is 9. The summed E-state index contributed by atoms with van der Waals surface area (Å²) in [6, 6.07) is 15.8. The van der Waals surface area contributed by atoms with E-state index in [1.807, 2.05) is 47.6 Å². The molecule has 3 aromatic rings. The lowest BCUT2D eigenvalue weighted by atomic mass is 10.1. The van der Waals surface area contributed by atoms with E-state index in [0.717, 1.165) is 21.0 Å². The van der Waals surface area contributed by atoms with Crippen LogP contribution in [0.15, 0.2) is 65.6 Å². The molecule has 0 aliphatic carbocycles. The van der Waals surface area contributed by atoms with Crippen LogP contribution >= 0.6 is 23.2 Å². The lowest BCUT2D eigenvalue weighted by Crippen LogP contribution is -2.54. The number of nitrogens with zero attached hydrogens (tertiary/aromatic N) is 2. The van der Waals surface area contributed by atoms with Gasteiger partial charge in [-0.3, -0.25) is 13.9 Å². The molecule has 3 aromatic carbocycles. The maximum Gasteiger partial charge on any atom is 0.264 e. The highest BCUT2D eigenvalue weighted by Crippen LogP contribution is 2.30. The fourth-order valence-electron chi connectivity index (χ4n) is 4.25. The summed E-state index contributed by atoms with van der Waals surface area (Å²) < 4.78 is 29.2. The van der Waals surface area contributed by atoms with Crippen LogP contribution in [0.2, 0.25) is 10.0 Å². The first kappa shape index (κ1) is 32.4. The van der Waals surface area contributed by atoms with Gasteiger partial charge in [-0.15, -0.1) is 0 Å². The Kier molecular flexibility index (Phi) is 10.2. The molecule has 0 heterocycles. The van der Waals surface area contributed by atoms with E-state index in [2.05, 4.69) is 5.32 Å². The van der Waals surface area contributed by atoms with E-state index in [0.29, 0.717) is 21.3 Å². The van der Waals surface area contributed by atoms with Crippen LogP contribution in [0.4, 0.5) is 5.69 Å². The van der Waals surface area contributed by atoms with Gasteiger partial charge in [-0.1, -0.05) is 59.1 Å². The molecule has 1 N–H and O–H groups in total. The molecule has 0 spiro atoms. The molecule has 0 aromatic heterocycles. The van der Waals surface area contributed by atoms with Gasteiger partial charge in [0, 0.05) is 12.1 Å². The molecule has 0 fully saturated rings. The molecule has 0 radical (unpaired) electrons. The van der Waals surface area contributed by atoms with Crippen LogP contribution in [0.25, 0.3) is 0 Å². The Morgan fingerprint density at radius 3 is 2.15 bits per heavy atom. The van der Waals surface area contributed by atoms with E-state index < -0.39 is 34.1 Å². The van der Waals surface area contributed by atoms with Crippen molar-refractivity contribution in [2.45, 2.75) is 71.5 Å². The standard InChI is InChI=1S/C31H37Cl2N3O4S/c1-20-11-14-25(15-12-20)41(39,40)36(28-10-8-9-21(2)22(28)3)19-29(37)35(23(4)30(38)34-31(5,6)7)18-24-13-16-26(32)27(33)17-24/h8-17,23H,18-19H2,1-7H3,(H,34,38)/t23-/m1/s1. The summed E-state index contributed by atoms with van der Waals surface area (Å²) in [5.41, 5.74) is 3.01. The zero-order chi connectivity index (χ0) is 30.7. The highest BCUT2D eigenvalue weighted by molar-refractivity contribution is 7.92. The number of aryl methyl sites for hydroxylation is 2. The summed E-state index contributed by atoms with van der Waals surface area (Å²) in [4.78, 5) is 28.8. The molecule has 0 aliphatic heterocycles. The Balaban J connectivity index is 2.10. The van der Waals surface area contributed by atoms with Gasteiger partial charge in [0.1, 0.15) is 12.6 Å². The first-order valence-corrected chi connectivity index (χ1v) is 15.4. The molecule has 0 unspecified atom stereocenters. The lowest BCUT2D eigenvalue weighted by molar-refractivity contribution is -0.140. The number of anilines is 1. The topological polar surface area (TPSA) is 86.8 Å². The van der Waals surface area contributed by atoms with Gasteiger partial charge in [-0.05, 0) is 95.5 Å². The van der Waals surface area contributed by atoms with Gasteiger partial charge < -0.3 is 10.2 Å². The van der Waals surface area contributed by atoms with Gasteiger partial charge >= 0.3 is 0 Å². The maximum atomic E-state index is 14.1. The molecular weight excluding hydrogens is 581 g/mol. The van der Waals surface area contributed by atoms with Crippen LogP contribution in [0, 0.1) is 20.8 Å². The number of amides is 2. The second-order valence-electron chi connectivity index (χ2n) is 11.2. The summed E-state index contributed by atoms with van der Waals surface area (Å²) in [6.07, 6.45) is 0. The van der Waals surface area contributed by atoms with E-state index in [4.69, 9.17) is 23.2 Å². The van der Waals surface area contributed by atoms with Crippen LogP contribution in [0.5, 0.6) is 0 Å². The molecule has 0 saturated heterocycles. The predicted molar refractivity (Wildman–Crippen MR) is 166 cm³/mol. The zero-order valence-corrected chi connectivity index (χ0v) is 26.8. The van der Waals surface area contributed by atoms with Crippen molar-refractivity contribution >= 4 is 50.7 Å². The van der Waals surface area contributed by atoms with Crippen molar-refractivity contribution in [2.24, 2.45) is 0 Å². The maximum absolute atomic E-state index is 14.1. The second-order valence-corrected chi connectivity index (χ2v) is 13.9. The van der Waals surface area contributed by atoms with Gasteiger partial charge in [0.15, 0.2) is 0 Å². The molecule has 2 amide bonds. The van der Waals surface area contributed by atoms with Crippen molar-refractivity contribution < 1.29 is 18.0 Å². The van der Waals surface area contributed by atoms with Crippen molar-refractivity contribution in [3.8, 4) is 0 Å². The molecule has 0 saturated carbocycles. The van der Waals surface area contributed by atoms with Gasteiger partial charge in [0.2, 0.25) is 11.8 Å². The van der Waals surface area contributed by atoms with Crippen molar-refractivity contribution in [2.75, 3.05) is 10.8 Å². The Bertz CT molecular complexity index is 1530. The minimum absolute atomic E-state index is 0.0136. The largest absolute Gasteiger partial charge is 0.350 e. The highest BCUT2D eigenvalue weighted by Gasteiger charge is 2.34. The van der Waals surface area contributed by atoms with E-state index in [-0.39, 0.29) is 17.3 Å². The number of hydrogen-bond donors (Lipinski definition) is 1. The highest BCUT2D eigenvalue weighted by atomic mass is 35.5. The Morgan fingerprint density at radius 1 is 0.927 bits per heavy atom. The molecule has 1 atom stereocenters. The van der Waals surface area contributed by atoms with Crippen LogP contribution in [-0.4, -0.2) is 43.3 Å². The molecule has 7 nitrogen and oxygen atoms in total. The number of sulfonamides is 1. The third kappa shape index (κ3) is 8.03. The minimum atomic E-state index is -4.15. The summed E-state index contributed by atoms with van der Waals surface area (Å²) in [6.45, 7) is 12.2. The Labute approximate surface area is 253 Å². The smallest absolute Gasteiger partial charge is 0.264 e. The Morgan fingerprint density at radius 2 is 1.56 bits per heavy atom. The first-order valence-electron chi connectivity index (χ1n) is 13.2. The van der Waals surface area contributed by atoms with Gasteiger partial charge in [-0.25, -0.2) is 8.42 Å². The number of carbonyl (C=O) groups excluding carboxylic acids is 2. The SMILES string of the molecule is Cc1ccc(S(=O)(=O)N(CC(=O)N(Cc2ccc(Cl)c(Cl)c2)[C@H](C)C(=O)NC(C)(C)C)c2cccc(C)c2C)cc1. The summed E-state index contributed by atoms with van der Waals surface area (Å²) in [7, 11) is -4.15. The summed E-state index contributed by atoms with van der Waals surface area (Å²) in [5.74, 6) is -0.921. The third-order valence-electron chi connectivity index (χ3n) is 6.74. The van der Waals surface area contributed by atoms with Crippen molar-refractivity contribution in [1.29, 1.82) is 0 Å². The van der Waals surface area contributed by atoms with Crippen molar-refractivity contribution in [3.05, 3.63) is 93.0 Å². The predicted octanol–water partition coefficient (Wildman–Crippen LogP) is 6.45. The van der Waals surface area contributed by atoms with E-state index in [9.17, 15) is 18.0 Å². The monoisotopic (exact) mass is 617 g/mol. The zero-order valence-electron chi connectivity index (χ0n) is 24.5. The molecular formula is C31H37Cl2N3O4S. The average Bonchev–Trinajstić information content (AvgIpc) is 2.88. The average molecular weight is 619 g/mol. The van der Waals surface area contributed by atoms with Gasteiger partial charge in [0.05, 0.1) is 20.6 Å². The van der Waals surface area contributed by atoms with Crippen LogP contribution in [-0.2, 0) is 26.2 Å². The molecule has 41 heavy (non-hydrogen) atoms. The minimum Gasteiger partial charge on any atom is -0.350 e. The Hall–Kier alpha value is -3.07. The fourth-order valence-corrected chi connectivity index (χ4v) is 6.04. The number of carbonyl (C=O) groups is 2.